The smallest absolute Gasteiger partial charge is 0.161 e. The van der Waals surface area contributed by atoms with Gasteiger partial charge in [0.25, 0.3) is 0 Å². The molecule has 2 heterocycles. The number of nitrogens with one attached hydrogen (secondary N) is 1. The Hall–Kier alpha value is -1.59. The molecule has 3 rings (SSSR count). The van der Waals surface area contributed by atoms with Gasteiger partial charge in [-0.25, -0.2) is 4.98 Å². The maximum absolute atomic E-state index is 5.69. The van der Waals surface area contributed by atoms with Crippen molar-refractivity contribution >= 4 is 11.3 Å². The number of ether oxygens (including phenoxy) is 2. The first-order chi connectivity index (χ1) is 10.2. The summed E-state index contributed by atoms with van der Waals surface area (Å²) in [6.07, 6.45) is 0. The van der Waals surface area contributed by atoms with E-state index in [4.69, 9.17) is 14.5 Å². The molecule has 0 fully saturated rings. The standard InChI is InChI=1S/C16H20N2O2S/c1-4-17-15(16-18-10(2)11(3)21-16)12-5-6-13-14(9-12)20-8-7-19-13/h5-6,9,15,17H,4,7-8H2,1-3H3. The van der Waals surface area contributed by atoms with E-state index in [1.807, 2.05) is 6.07 Å². The Balaban J connectivity index is 1.97. The Kier molecular flexibility index (Phi) is 4.12. The summed E-state index contributed by atoms with van der Waals surface area (Å²) in [5.74, 6) is 1.65. The normalized spacial score (nSPS) is 15.0. The van der Waals surface area contributed by atoms with E-state index in [0.717, 1.165) is 34.3 Å². The summed E-state index contributed by atoms with van der Waals surface area (Å²) in [4.78, 5) is 5.97. The average Bonchev–Trinajstić information content (AvgIpc) is 2.83. The Bertz CT molecular complexity index is 620. The van der Waals surface area contributed by atoms with Gasteiger partial charge >= 0.3 is 0 Å². The first-order valence-electron chi connectivity index (χ1n) is 7.26. The van der Waals surface area contributed by atoms with Crippen molar-refractivity contribution in [3.05, 3.63) is 39.3 Å². The maximum atomic E-state index is 5.69. The highest BCUT2D eigenvalue weighted by atomic mass is 32.1. The number of aromatic nitrogens is 1. The molecule has 5 heteroatoms. The molecule has 1 N–H and O–H groups in total. The molecule has 1 unspecified atom stereocenters. The zero-order valence-electron chi connectivity index (χ0n) is 12.6. The molecule has 1 aromatic carbocycles. The van der Waals surface area contributed by atoms with Gasteiger partial charge in [0.1, 0.15) is 18.2 Å². The summed E-state index contributed by atoms with van der Waals surface area (Å²) < 4.78 is 11.3. The SMILES string of the molecule is CCNC(c1ccc2c(c1)OCCO2)c1nc(C)c(C)s1. The molecule has 4 nitrogen and oxygen atoms in total. The topological polar surface area (TPSA) is 43.4 Å². The van der Waals surface area contributed by atoms with Crippen molar-refractivity contribution < 1.29 is 9.47 Å². The van der Waals surface area contributed by atoms with E-state index >= 15 is 0 Å². The molecule has 0 bridgehead atoms. The van der Waals surface area contributed by atoms with Crippen LogP contribution in [0.5, 0.6) is 11.5 Å². The summed E-state index contributed by atoms with van der Waals surface area (Å²) in [5, 5.41) is 4.61. The second kappa shape index (κ2) is 6.03. The molecule has 21 heavy (non-hydrogen) atoms. The molecule has 1 aromatic heterocycles. The van der Waals surface area contributed by atoms with Gasteiger partial charge in [0.05, 0.1) is 11.7 Å². The van der Waals surface area contributed by atoms with Crippen molar-refractivity contribution in [2.75, 3.05) is 19.8 Å². The Labute approximate surface area is 129 Å². The number of hydrogen-bond donors (Lipinski definition) is 1. The number of aryl methyl sites for hydroxylation is 2. The van der Waals surface area contributed by atoms with Crippen LogP contribution in [0.15, 0.2) is 18.2 Å². The van der Waals surface area contributed by atoms with Crippen molar-refractivity contribution in [2.24, 2.45) is 0 Å². The van der Waals surface area contributed by atoms with E-state index in [0.29, 0.717) is 13.2 Å². The van der Waals surface area contributed by atoms with Crippen molar-refractivity contribution in [3.8, 4) is 11.5 Å². The van der Waals surface area contributed by atoms with Gasteiger partial charge in [-0.05, 0) is 38.1 Å². The lowest BCUT2D eigenvalue weighted by molar-refractivity contribution is 0.171. The first-order valence-corrected chi connectivity index (χ1v) is 8.07. The number of fused-ring (bicyclic) bond motifs is 1. The highest BCUT2D eigenvalue weighted by Crippen LogP contribution is 2.35. The van der Waals surface area contributed by atoms with Crippen molar-refractivity contribution in [2.45, 2.75) is 26.8 Å². The molecule has 112 valence electrons. The zero-order chi connectivity index (χ0) is 14.8. The lowest BCUT2D eigenvalue weighted by Gasteiger charge is -2.21. The second-order valence-electron chi connectivity index (χ2n) is 5.09. The molecular weight excluding hydrogens is 284 g/mol. The summed E-state index contributed by atoms with van der Waals surface area (Å²) in [7, 11) is 0. The van der Waals surface area contributed by atoms with Gasteiger partial charge in [-0.1, -0.05) is 13.0 Å². The fourth-order valence-corrected chi connectivity index (χ4v) is 3.44. The second-order valence-corrected chi connectivity index (χ2v) is 6.32. The van der Waals surface area contributed by atoms with Gasteiger partial charge in [0.2, 0.25) is 0 Å². The number of nitrogens with zero attached hydrogens (tertiary/aromatic N) is 1. The minimum atomic E-state index is 0.100. The first kappa shape index (κ1) is 14.4. The molecule has 0 spiro atoms. The van der Waals surface area contributed by atoms with Gasteiger partial charge in [-0.2, -0.15) is 0 Å². The lowest BCUT2D eigenvalue weighted by atomic mass is 10.1. The molecule has 0 saturated carbocycles. The molecule has 1 aliphatic rings. The molecule has 2 aromatic rings. The summed E-state index contributed by atoms with van der Waals surface area (Å²) in [5.41, 5.74) is 2.27. The van der Waals surface area contributed by atoms with E-state index < -0.39 is 0 Å². The largest absolute Gasteiger partial charge is 0.486 e. The van der Waals surface area contributed by atoms with Crippen LogP contribution in [0.2, 0.25) is 0 Å². The van der Waals surface area contributed by atoms with Crippen LogP contribution < -0.4 is 14.8 Å². The van der Waals surface area contributed by atoms with E-state index in [2.05, 4.69) is 38.2 Å². The predicted molar refractivity (Wildman–Crippen MR) is 84.5 cm³/mol. The predicted octanol–water partition coefficient (Wildman–Crippen LogP) is 3.23. The number of thiazole rings is 1. The minimum absolute atomic E-state index is 0.100. The minimum Gasteiger partial charge on any atom is -0.486 e. The number of rotatable bonds is 4. The van der Waals surface area contributed by atoms with Gasteiger partial charge < -0.3 is 14.8 Å². The molecule has 0 amide bonds. The third kappa shape index (κ3) is 2.89. The Morgan fingerprint density at radius 1 is 1.24 bits per heavy atom. The van der Waals surface area contributed by atoms with Crippen LogP contribution in [0.4, 0.5) is 0 Å². The highest BCUT2D eigenvalue weighted by Gasteiger charge is 2.20. The fraction of sp³-hybridized carbons (Fsp3) is 0.438. The summed E-state index contributed by atoms with van der Waals surface area (Å²) >= 11 is 1.75. The van der Waals surface area contributed by atoms with Gasteiger partial charge in [-0.15, -0.1) is 11.3 Å². The van der Waals surface area contributed by atoms with E-state index in [1.54, 1.807) is 11.3 Å². The van der Waals surface area contributed by atoms with E-state index in [1.165, 1.54) is 4.88 Å². The Morgan fingerprint density at radius 2 is 2.00 bits per heavy atom. The molecule has 0 aliphatic carbocycles. The third-order valence-corrected chi connectivity index (χ3v) is 4.74. The summed E-state index contributed by atoms with van der Waals surface area (Å²) in [6, 6.07) is 6.24. The van der Waals surface area contributed by atoms with Gasteiger partial charge in [0, 0.05) is 4.88 Å². The van der Waals surface area contributed by atoms with Crippen LogP contribution in [-0.2, 0) is 0 Å². The van der Waals surface area contributed by atoms with E-state index in [-0.39, 0.29) is 6.04 Å². The number of hydrogen-bond acceptors (Lipinski definition) is 5. The molecule has 1 aliphatic heterocycles. The summed E-state index contributed by atoms with van der Waals surface area (Å²) in [6.45, 7) is 8.40. The van der Waals surface area contributed by atoms with Crippen LogP contribution in [0.3, 0.4) is 0 Å². The van der Waals surface area contributed by atoms with Crippen LogP contribution >= 0.6 is 11.3 Å². The van der Waals surface area contributed by atoms with Crippen molar-refractivity contribution in [3.63, 3.8) is 0 Å². The Morgan fingerprint density at radius 3 is 2.67 bits per heavy atom. The van der Waals surface area contributed by atoms with Gasteiger partial charge in [-0.3, -0.25) is 0 Å². The van der Waals surface area contributed by atoms with E-state index in [9.17, 15) is 0 Å². The van der Waals surface area contributed by atoms with Crippen LogP contribution in [0.25, 0.3) is 0 Å². The van der Waals surface area contributed by atoms with Crippen molar-refractivity contribution in [1.82, 2.24) is 10.3 Å². The van der Waals surface area contributed by atoms with Crippen LogP contribution in [0, 0.1) is 13.8 Å². The fourth-order valence-electron chi connectivity index (χ4n) is 2.41. The lowest BCUT2D eigenvalue weighted by Crippen LogP contribution is -2.22. The van der Waals surface area contributed by atoms with Gasteiger partial charge in [0.15, 0.2) is 11.5 Å². The van der Waals surface area contributed by atoms with Crippen LogP contribution in [-0.4, -0.2) is 24.7 Å². The molecular formula is C16H20N2O2S. The number of benzene rings is 1. The molecule has 0 radical (unpaired) electrons. The third-order valence-electron chi connectivity index (χ3n) is 3.60. The average molecular weight is 304 g/mol. The molecule has 1 atom stereocenters. The van der Waals surface area contributed by atoms with Crippen LogP contribution in [0.1, 0.15) is 34.1 Å². The molecule has 0 saturated heterocycles. The van der Waals surface area contributed by atoms with Crippen molar-refractivity contribution in [1.29, 1.82) is 0 Å². The zero-order valence-corrected chi connectivity index (χ0v) is 13.4. The highest BCUT2D eigenvalue weighted by molar-refractivity contribution is 7.11. The quantitative estimate of drug-likeness (QED) is 0.942. The monoisotopic (exact) mass is 304 g/mol. The maximum Gasteiger partial charge on any atom is 0.161 e.